The molecule has 8 heteroatoms. The van der Waals surface area contributed by atoms with Gasteiger partial charge in [0.15, 0.2) is 0 Å². The van der Waals surface area contributed by atoms with Crippen molar-refractivity contribution >= 4 is 11.5 Å². The summed E-state index contributed by atoms with van der Waals surface area (Å²) in [6.07, 6.45) is 2.74. The van der Waals surface area contributed by atoms with Crippen LogP contribution in [0.15, 0.2) is 19.0 Å². The Kier molecular flexibility index (Phi) is 5.00. The van der Waals surface area contributed by atoms with Crippen LogP contribution < -0.4 is 9.64 Å². The van der Waals surface area contributed by atoms with Crippen molar-refractivity contribution in [3.8, 4) is 5.88 Å². The van der Waals surface area contributed by atoms with Gasteiger partial charge in [-0.25, -0.2) is 4.98 Å². The van der Waals surface area contributed by atoms with Gasteiger partial charge in [0.1, 0.15) is 6.33 Å². The van der Waals surface area contributed by atoms with Crippen LogP contribution in [0, 0.1) is 10.1 Å². The molecule has 1 N–H and O–H groups in total. The van der Waals surface area contributed by atoms with Gasteiger partial charge < -0.3 is 14.7 Å². The maximum Gasteiger partial charge on any atom is 0.372 e. The molecule has 0 aromatic carbocycles. The van der Waals surface area contributed by atoms with Crippen molar-refractivity contribution in [3.05, 3.63) is 29.1 Å². The molecule has 98 valence electrons. The van der Waals surface area contributed by atoms with E-state index in [2.05, 4.69) is 16.5 Å². The average Bonchev–Trinajstić information content (AvgIpc) is 2.37. The smallest absolute Gasteiger partial charge is 0.372 e. The average molecular weight is 254 g/mol. The molecule has 1 rings (SSSR count). The van der Waals surface area contributed by atoms with Crippen LogP contribution in [0.1, 0.15) is 0 Å². The van der Waals surface area contributed by atoms with Gasteiger partial charge >= 0.3 is 5.69 Å². The molecule has 0 saturated heterocycles. The molecular weight excluding hydrogens is 240 g/mol. The van der Waals surface area contributed by atoms with E-state index in [9.17, 15) is 10.1 Å². The molecule has 8 nitrogen and oxygen atoms in total. The molecule has 0 aliphatic rings. The second kappa shape index (κ2) is 6.50. The Bertz CT molecular complexity index is 438. The summed E-state index contributed by atoms with van der Waals surface area (Å²) in [7, 11) is 1.29. The van der Waals surface area contributed by atoms with Gasteiger partial charge in [0.2, 0.25) is 5.82 Å². The minimum atomic E-state index is -0.609. The van der Waals surface area contributed by atoms with E-state index in [0.717, 1.165) is 0 Å². The van der Waals surface area contributed by atoms with E-state index in [1.54, 1.807) is 6.08 Å². The van der Waals surface area contributed by atoms with Gasteiger partial charge in [-0.05, 0) is 0 Å². The zero-order valence-corrected chi connectivity index (χ0v) is 9.94. The third kappa shape index (κ3) is 2.92. The van der Waals surface area contributed by atoms with E-state index in [-0.39, 0.29) is 30.5 Å². The number of nitrogens with zero attached hydrogens (tertiary/aromatic N) is 4. The minimum absolute atomic E-state index is 0.0980. The summed E-state index contributed by atoms with van der Waals surface area (Å²) in [5.74, 6) is -0.0159. The van der Waals surface area contributed by atoms with Crippen molar-refractivity contribution < 1.29 is 14.8 Å². The summed E-state index contributed by atoms with van der Waals surface area (Å²) >= 11 is 0. The molecule has 1 heterocycles. The topological polar surface area (TPSA) is 102 Å². The summed E-state index contributed by atoms with van der Waals surface area (Å²) in [5, 5.41) is 20.0. The van der Waals surface area contributed by atoms with Crippen LogP contribution in [-0.4, -0.2) is 46.8 Å². The number of rotatable bonds is 7. The number of ether oxygens (including phenoxy) is 1. The van der Waals surface area contributed by atoms with E-state index in [1.807, 2.05) is 0 Å². The van der Waals surface area contributed by atoms with Gasteiger partial charge in [-0.2, -0.15) is 4.98 Å². The highest BCUT2D eigenvalue weighted by Crippen LogP contribution is 2.32. The molecule has 0 aliphatic carbocycles. The Morgan fingerprint density at radius 3 is 2.89 bits per heavy atom. The monoisotopic (exact) mass is 254 g/mol. The molecule has 0 spiro atoms. The molecule has 1 aromatic rings. The molecule has 0 amide bonds. The molecule has 0 fully saturated rings. The normalized spacial score (nSPS) is 9.89. The van der Waals surface area contributed by atoms with Crippen molar-refractivity contribution in [1.29, 1.82) is 0 Å². The first-order valence-electron chi connectivity index (χ1n) is 5.15. The maximum atomic E-state index is 11.0. The Balaban J connectivity index is 3.27. The van der Waals surface area contributed by atoms with Gasteiger partial charge in [0.05, 0.1) is 18.6 Å². The lowest BCUT2D eigenvalue weighted by atomic mass is 10.3. The SMILES string of the molecule is C=CCN(CCO)c1ncnc(OC)c1[N+](=O)[O-]. The lowest BCUT2D eigenvalue weighted by molar-refractivity contribution is -0.385. The number of hydrogen-bond donors (Lipinski definition) is 1. The molecule has 0 atom stereocenters. The number of aliphatic hydroxyl groups excluding tert-OH is 1. The first kappa shape index (κ1) is 13.8. The third-order valence-corrected chi connectivity index (χ3v) is 2.16. The van der Waals surface area contributed by atoms with Crippen LogP contribution in [0.4, 0.5) is 11.5 Å². The van der Waals surface area contributed by atoms with Gasteiger partial charge in [-0.3, -0.25) is 10.1 Å². The summed E-state index contributed by atoms with van der Waals surface area (Å²) in [4.78, 5) is 19.5. The fraction of sp³-hybridized carbons (Fsp3) is 0.400. The number of methoxy groups -OCH3 is 1. The van der Waals surface area contributed by atoms with Crippen LogP contribution >= 0.6 is 0 Å². The first-order valence-corrected chi connectivity index (χ1v) is 5.15. The first-order chi connectivity index (χ1) is 8.65. The lowest BCUT2D eigenvalue weighted by Crippen LogP contribution is -2.28. The summed E-state index contributed by atoms with van der Waals surface area (Å²) < 4.78 is 4.85. The second-order valence-electron chi connectivity index (χ2n) is 3.27. The van der Waals surface area contributed by atoms with Crippen molar-refractivity contribution in [1.82, 2.24) is 9.97 Å². The highest BCUT2D eigenvalue weighted by Gasteiger charge is 2.27. The van der Waals surface area contributed by atoms with E-state index < -0.39 is 4.92 Å². The molecule has 1 aromatic heterocycles. The quantitative estimate of drug-likeness (QED) is 0.426. The van der Waals surface area contributed by atoms with Crippen molar-refractivity contribution in [2.75, 3.05) is 31.7 Å². The number of nitro groups is 1. The van der Waals surface area contributed by atoms with E-state index >= 15 is 0 Å². The van der Waals surface area contributed by atoms with Gasteiger partial charge in [-0.1, -0.05) is 6.08 Å². The zero-order valence-electron chi connectivity index (χ0n) is 9.94. The Morgan fingerprint density at radius 2 is 2.39 bits per heavy atom. The molecule has 0 saturated carbocycles. The molecule has 0 aliphatic heterocycles. The third-order valence-electron chi connectivity index (χ3n) is 2.16. The predicted octanol–water partition coefficient (Wildman–Crippen LogP) is 0.378. The number of aromatic nitrogens is 2. The highest BCUT2D eigenvalue weighted by molar-refractivity contribution is 5.62. The van der Waals surface area contributed by atoms with Crippen molar-refractivity contribution in [2.24, 2.45) is 0 Å². The van der Waals surface area contributed by atoms with Crippen LogP contribution in [0.3, 0.4) is 0 Å². The molecule has 0 unspecified atom stereocenters. The number of hydrogen-bond acceptors (Lipinski definition) is 7. The Morgan fingerprint density at radius 1 is 1.67 bits per heavy atom. The summed E-state index contributed by atoms with van der Waals surface area (Å²) in [5.41, 5.74) is -0.324. The maximum absolute atomic E-state index is 11.0. The molecule has 0 bridgehead atoms. The van der Waals surface area contributed by atoms with Crippen molar-refractivity contribution in [2.45, 2.75) is 0 Å². The Labute approximate surface area is 104 Å². The van der Waals surface area contributed by atoms with Gasteiger partial charge in [0, 0.05) is 13.1 Å². The number of anilines is 1. The van der Waals surface area contributed by atoms with E-state index in [1.165, 1.54) is 18.3 Å². The van der Waals surface area contributed by atoms with Gasteiger partial charge in [0.25, 0.3) is 5.88 Å². The fourth-order valence-corrected chi connectivity index (χ4v) is 1.45. The second-order valence-corrected chi connectivity index (χ2v) is 3.27. The standard InChI is InChI=1S/C10H14N4O4/c1-3-4-13(5-6-15)9-8(14(16)17)10(18-2)12-7-11-9/h3,7,15H,1,4-6H2,2H3. The molecule has 0 radical (unpaired) electrons. The highest BCUT2D eigenvalue weighted by atomic mass is 16.6. The molecule has 18 heavy (non-hydrogen) atoms. The van der Waals surface area contributed by atoms with Crippen LogP contribution in [0.2, 0.25) is 0 Å². The largest absolute Gasteiger partial charge is 0.476 e. The van der Waals surface area contributed by atoms with E-state index in [0.29, 0.717) is 6.54 Å². The zero-order chi connectivity index (χ0) is 13.5. The summed E-state index contributed by atoms with van der Waals surface area (Å²) in [6, 6.07) is 0. The minimum Gasteiger partial charge on any atom is -0.476 e. The van der Waals surface area contributed by atoms with Gasteiger partial charge in [-0.15, -0.1) is 6.58 Å². The lowest BCUT2D eigenvalue weighted by Gasteiger charge is -2.20. The van der Waals surface area contributed by atoms with Crippen LogP contribution in [0.5, 0.6) is 5.88 Å². The number of aliphatic hydroxyl groups is 1. The van der Waals surface area contributed by atoms with Crippen molar-refractivity contribution in [3.63, 3.8) is 0 Å². The van der Waals surface area contributed by atoms with E-state index in [4.69, 9.17) is 9.84 Å². The van der Waals surface area contributed by atoms with Crippen LogP contribution in [-0.2, 0) is 0 Å². The molecular formula is C10H14N4O4. The van der Waals surface area contributed by atoms with Crippen LogP contribution in [0.25, 0.3) is 0 Å². The fourth-order valence-electron chi connectivity index (χ4n) is 1.45. The predicted molar refractivity (Wildman–Crippen MR) is 64.7 cm³/mol. The summed E-state index contributed by atoms with van der Waals surface area (Å²) in [6.45, 7) is 3.92. The Hall–Kier alpha value is -2.22.